The summed E-state index contributed by atoms with van der Waals surface area (Å²) in [5.74, 6) is -1.20. The lowest BCUT2D eigenvalue weighted by atomic mass is 10.3. The highest BCUT2D eigenvalue weighted by Gasteiger charge is 2.16. The van der Waals surface area contributed by atoms with Crippen LogP contribution in [-0.4, -0.2) is 32.5 Å². The van der Waals surface area contributed by atoms with Crippen LogP contribution in [0.2, 0.25) is 0 Å². The van der Waals surface area contributed by atoms with E-state index in [1.807, 2.05) is 32.0 Å². The Morgan fingerprint density at radius 3 is 2.17 bits per heavy atom. The first-order valence-corrected chi connectivity index (χ1v) is 10.0. The van der Waals surface area contributed by atoms with Gasteiger partial charge in [-0.15, -0.1) is 0 Å². The molecule has 2 aromatic carbocycles. The zero-order valence-corrected chi connectivity index (χ0v) is 16.8. The smallest absolute Gasteiger partial charge is 0.261 e. The maximum absolute atomic E-state index is 13.3. The third-order valence-electron chi connectivity index (χ3n) is 3.89. The minimum Gasteiger partial charge on any atom is -0.363 e. The summed E-state index contributed by atoms with van der Waals surface area (Å²) in [5.41, 5.74) is 1.71. The SMILES string of the molecule is Cc1cc(N(C)C)nc(Nc2ccc(NS(=O)(=O)c3ccc(F)c(F)c3)cc2)n1. The molecule has 3 rings (SSSR count). The van der Waals surface area contributed by atoms with Gasteiger partial charge >= 0.3 is 0 Å². The van der Waals surface area contributed by atoms with Gasteiger partial charge in [0.25, 0.3) is 10.0 Å². The summed E-state index contributed by atoms with van der Waals surface area (Å²) in [6, 6.07) is 10.6. The minimum absolute atomic E-state index is 0.263. The van der Waals surface area contributed by atoms with Gasteiger partial charge < -0.3 is 10.2 Å². The van der Waals surface area contributed by atoms with Crippen molar-refractivity contribution in [2.75, 3.05) is 29.0 Å². The van der Waals surface area contributed by atoms with Crippen LogP contribution in [0.1, 0.15) is 5.69 Å². The van der Waals surface area contributed by atoms with Gasteiger partial charge in [0.1, 0.15) is 5.82 Å². The molecule has 0 spiro atoms. The molecule has 0 saturated carbocycles. The predicted molar refractivity (Wildman–Crippen MR) is 108 cm³/mol. The Labute approximate surface area is 167 Å². The fraction of sp³-hybridized carbons (Fsp3) is 0.158. The van der Waals surface area contributed by atoms with E-state index >= 15 is 0 Å². The van der Waals surface area contributed by atoms with Gasteiger partial charge in [-0.25, -0.2) is 22.2 Å². The Hall–Kier alpha value is -3.27. The summed E-state index contributed by atoms with van der Waals surface area (Å²) in [6.45, 7) is 1.86. The van der Waals surface area contributed by atoms with E-state index in [1.54, 1.807) is 12.1 Å². The van der Waals surface area contributed by atoms with E-state index in [-0.39, 0.29) is 10.6 Å². The summed E-state index contributed by atoms with van der Waals surface area (Å²) in [5, 5.41) is 3.06. The molecule has 1 heterocycles. The molecule has 0 bridgehead atoms. The second-order valence-electron chi connectivity index (χ2n) is 6.47. The number of aromatic nitrogens is 2. The topological polar surface area (TPSA) is 87.2 Å². The number of nitrogens with zero attached hydrogens (tertiary/aromatic N) is 3. The number of aryl methyl sites for hydroxylation is 1. The van der Waals surface area contributed by atoms with Crippen LogP contribution < -0.4 is 14.9 Å². The second kappa shape index (κ2) is 8.00. The summed E-state index contributed by atoms with van der Waals surface area (Å²) in [6.07, 6.45) is 0. The maximum atomic E-state index is 13.3. The van der Waals surface area contributed by atoms with Crippen LogP contribution in [0.3, 0.4) is 0 Å². The lowest BCUT2D eigenvalue weighted by Crippen LogP contribution is -2.13. The van der Waals surface area contributed by atoms with Crippen molar-refractivity contribution >= 4 is 33.2 Å². The van der Waals surface area contributed by atoms with Crippen molar-refractivity contribution in [2.45, 2.75) is 11.8 Å². The lowest BCUT2D eigenvalue weighted by molar-refractivity contribution is 0.504. The van der Waals surface area contributed by atoms with Crippen LogP contribution >= 0.6 is 0 Å². The third kappa shape index (κ3) is 4.96. The average Bonchev–Trinajstić information content (AvgIpc) is 2.64. The molecule has 0 fully saturated rings. The van der Waals surface area contributed by atoms with Crippen molar-refractivity contribution < 1.29 is 17.2 Å². The highest BCUT2D eigenvalue weighted by molar-refractivity contribution is 7.92. The summed E-state index contributed by atoms with van der Waals surface area (Å²) >= 11 is 0. The molecule has 7 nitrogen and oxygen atoms in total. The normalized spacial score (nSPS) is 11.2. The number of hydrogen-bond donors (Lipinski definition) is 2. The van der Waals surface area contributed by atoms with Crippen LogP contribution in [0.4, 0.5) is 31.9 Å². The number of benzene rings is 2. The van der Waals surface area contributed by atoms with Crippen molar-refractivity contribution in [3.8, 4) is 0 Å². The monoisotopic (exact) mass is 419 g/mol. The molecule has 3 aromatic rings. The van der Waals surface area contributed by atoms with Crippen molar-refractivity contribution in [1.29, 1.82) is 0 Å². The van der Waals surface area contributed by atoms with E-state index in [9.17, 15) is 17.2 Å². The number of hydrogen-bond acceptors (Lipinski definition) is 6. The Morgan fingerprint density at radius 1 is 0.897 bits per heavy atom. The van der Waals surface area contributed by atoms with Crippen LogP contribution in [0, 0.1) is 18.6 Å². The number of anilines is 4. The van der Waals surface area contributed by atoms with E-state index in [2.05, 4.69) is 20.0 Å². The maximum Gasteiger partial charge on any atom is 0.261 e. The fourth-order valence-electron chi connectivity index (χ4n) is 2.45. The van der Waals surface area contributed by atoms with Crippen LogP contribution in [0.25, 0.3) is 0 Å². The summed E-state index contributed by atoms with van der Waals surface area (Å²) in [4.78, 5) is 10.2. The standard InChI is InChI=1S/C19H19F2N5O2S/c1-12-10-18(26(2)3)24-19(22-12)23-13-4-6-14(7-5-13)25-29(27,28)15-8-9-16(20)17(21)11-15/h4-11,25H,1-3H3,(H,22,23,24). The Morgan fingerprint density at radius 2 is 1.55 bits per heavy atom. The van der Waals surface area contributed by atoms with Crippen LogP contribution in [-0.2, 0) is 10.0 Å². The number of sulfonamides is 1. The van der Waals surface area contributed by atoms with Gasteiger partial charge in [0.15, 0.2) is 11.6 Å². The molecule has 0 radical (unpaired) electrons. The molecule has 29 heavy (non-hydrogen) atoms. The van der Waals surface area contributed by atoms with E-state index < -0.39 is 21.7 Å². The first-order chi connectivity index (χ1) is 13.6. The first-order valence-electron chi connectivity index (χ1n) is 8.52. The van der Waals surface area contributed by atoms with Gasteiger partial charge in [-0.2, -0.15) is 4.98 Å². The molecular weight excluding hydrogens is 400 g/mol. The van der Waals surface area contributed by atoms with Gasteiger partial charge in [-0.3, -0.25) is 4.72 Å². The van der Waals surface area contributed by atoms with Crippen molar-refractivity contribution in [2.24, 2.45) is 0 Å². The highest BCUT2D eigenvalue weighted by atomic mass is 32.2. The Kier molecular flexibility index (Phi) is 5.64. The largest absolute Gasteiger partial charge is 0.363 e. The van der Waals surface area contributed by atoms with Crippen molar-refractivity contribution in [1.82, 2.24) is 9.97 Å². The van der Waals surface area contributed by atoms with Crippen molar-refractivity contribution in [3.05, 3.63) is 65.9 Å². The molecular formula is C19H19F2N5O2S. The van der Waals surface area contributed by atoms with E-state index in [1.165, 1.54) is 12.1 Å². The van der Waals surface area contributed by atoms with Gasteiger partial charge in [0.05, 0.1) is 4.90 Å². The van der Waals surface area contributed by atoms with Crippen molar-refractivity contribution in [3.63, 3.8) is 0 Å². The van der Waals surface area contributed by atoms with Gasteiger partial charge in [0.2, 0.25) is 5.95 Å². The zero-order chi connectivity index (χ0) is 21.2. The summed E-state index contributed by atoms with van der Waals surface area (Å²) in [7, 11) is -0.303. The predicted octanol–water partition coefficient (Wildman–Crippen LogP) is 3.67. The molecule has 0 atom stereocenters. The van der Waals surface area contributed by atoms with E-state index in [4.69, 9.17) is 0 Å². The quantitative estimate of drug-likeness (QED) is 0.634. The third-order valence-corrected chi connectivity index (χ3v) is 5.27. The molecule has 0 amide bonds. The van der Waals surface area contributed by atoms with E-state index in [0.29, 0.717) is 17.7 Å². The molecule has 0 saturated heterocycles. The van der Waals surface area contributed by atoms with Gasteiger partial charge in [0, 0.05) is 37.2 Å². The molecule has 0 aliphatic rings. The molecule has 0 aliphatic heterocycles. The zero-order valence-electron chi connectivity index (χ0n) is 15.9. The van der Waals surface area contributed by atoms with E-state index in [0.717, 1.165) is 23.6 Å². The molecule has 0 unspecified atom stereocenters. The lowest BCUT2D eigenvalue weighted by Gasteiger charge is -2.14. The molecule has 152 valence electrons. The minimum atomic E-state index is -4.05. The number of halogens is 2. The fourth-order valence-corrected chi connectivity index (χ4v) is 3.52. The molecule has 2 N–H and O–H groups in total. The summed E-state index contributed by atoms with van der Waals surface area (Å²) < 4.78 is 53.3. The van der Waals surface area contributed by atoms with Gasteiger partial charge in [-0.1, -0.05) is 0 Å². The highest BCUT2D eigenvalue weighted by Crippen LogP contribution is 2.22. The van der Waals surface area contributed by atoms with Crippen LogP contribution in [0.15, 0.2) is 53.4 Å². The molecule has 10 heteroatoms. The second-order valence-corrected chi connectivity index (χ2v) is 8.15. The Bertz CT molecular complexity index is 1140. The average molecular weight is 419 g/mol. The molecule has 0 aliphatic carbocycles. The number of nitrogens with one attached hydrogen (secondary N) is 2. The van der Waals surface area contributed by atoms with Gasteiger partial charge in [-0.05, 0) is 49.4 Å². The first kappa shape index (κ1) is 20.5. The molecule has 1 aromatic heterocycles. The number of rotatable bonds is 6. The Balaban J connectivity index is 1.76. The van der Waals surface area contributed by atoms with Crippen LogP contribution in [0.5, 0.6) is 0 Å².